The van der Waals surface area contributed by atoms with Crippen molar-refractivity contribution in [2.75, 3.05) is 0 Å². The first kappa shape index (κ1) is 14.4. The van der Waals surface area contributed by atoms with E-state index in [4.69, 9.17) is 10.00 Å². The summed E-state index contributed by atoms with van der Waals surface area (Å²) in [5, 5.41) is 21.1. The van der Waals surface area contributed by atoms with Crippen LogP contribution in [0.2, 0.25) is 0 Å². The lowest BCUT2D eigenvalue weighted by Gasteiger charge is -2.37. The van der Waals surface area contributed by atoms with E-state index < -0.39 is 11.2 Å². The van der Waals surface area contributed by atoms with Gasteiger partial charge in [-0.15, -0.1) is 0 Å². The first-order chi connectivity index (χ1) is 9.26. The van der Waals surface area contributed by atoms with E-state index in [1.165, 1.54) is 0 Å². The summed E-state index contributed by atoms with van der Waals surface area (Å²) in [4.78, 5) is 0. The molecule has 0 radical (unpaired) electrons. The molecule has 0 spiro atoms. The molecular formula is C17H19NO2. The van der Waals surface area contributed by atoms with E-state index in [2.05, 4.69) is 6.07 Å². The summed E-state index contributed by atoms with van der Waals surface area (Å²) in [6.07, 6.45) is 0. The number of nitrogens with zero attached hydrogens (tertiary/aromatic N) is 1. The average molecular weight is 269 g/mol. The standard InChI is InChI=1S/C17H19NO2/c1-16(2,19)17(3,4)20-15-10-9-12(11-18)13-7-5-6-8-14(13)15/h5-10,19H,1-4H3. The van der Waals surface area contributed by atoms with E-state index in [-0.39, 0.29) is 0 Å². The number of hydrogen-bond donors (Lipinski definition) is 1. The van der Waals surface area contributed by atoms with Gasteiger partial charge in [-0.25, -0.2) is 0 Å². The summed E-state index contributed by atoms with van der Waals surface area (Å²) in [6, 6.07) is 13.3. The highest BCUT2D eigenvalue weighted by Gasteiger charge is 2.37. The van der Waals surface area contributed by atoms with Crippen molar-refractivity contribution in [1.82, 2.24) is 0 Å². The number of fused-ring (bicyclic) bond motifs is 1. The molecule has 0 aliphatic carbocycles. The molecule has 0 amide bonds. The molecule has 2 aromatic carbocycles. The lowest BCUT2D eigenvalue weighted by atomic mass is 9.89. The van der Waals surface area contributed by atoms with Gasteiger partial charge in [-0.2, -0.15) is 5.26 Å². The first-order valence-corrected chi connectivity index (χ1v) is 6.59. The lowest BCUT2D eigenvalue weighted by Crippen LogP contribution is -2.49. The molecule has 0 aromatic heterocycles. The summed E-state index contributed by atoms with van der Waals surface area (Å²) in [5.41, 5.74) is -1.11. The van der Waals surface area contributed by atoms with E-state index in [0.29, 0.717) is 11.3 Å². The largest absolute Gasteiger partial charge is 0.484 e. The minimum atomic E-state index is -0.984. The van der Waals surface area contributed by atoms with Gasteiger partial charge in [0, 0.05) is 10.8 Å². The minimum Gasteiger partial charge on any atom is -0.484 e. The van der Waals surface area contributed by atoms with Crippen LogP contribution in [-0.4, -0.2) is 16.3 Å². The Bertz CT molecular complexity index is 675. The highest BCUT2D eigenvalue weighted by Crippen LogP contribution is 2.34. The second-order valence-electron chi connectivity index (χ2n) is 5.94. The molecule has 0 bridgehead atoms. The van der Waals surface area contributed by atoms with Crippen molar-refractivity contribution in [3.63, 3.8) is 0 Å². The first-order valence-electron chi connectivity index (χ1n) is 6.59. The Hall–Kier alpha value is -2.05. The zero-order valence-electron chi connectivity index (χ0n) is 12.3. The van der Waals surface area contributed by atoms with Crippen molar-refractivity contribution < 1.29 is 9.84 Å². The van der Waals surface area contributed by atoms with Crippen molar-refractivity contribution in [3.8, 4) is 11.8 Å². The quantitative estimate of drug-likeness (QED) is 0.925. The molecule has 3 nitrogen and oxygen atoms in total. The van der Waals surface area contributed by atoms with Gasteiger partial charge in [-0.05, 0) is 39.8 Å². The fraction of sp³-hybridized carbons (Fsp3) is 0.353. The van der Waals surface area contributed by atoms with Crippen LogP contribution < -0.4 is 4.74 Å². The van der Waals surface area contributed by atoms with Crippen LogP contribution in [0.15, 0.2) is 36.4 Å². The SMILES string of the molecule is CC(C)(O)C(C)(C)Oc1ccc(C#N)c2ccccc12. The molecule has 0 aliphatic heterocycles. The third-order valence-corrected chi connectivity index (χ3v) is 3.84. The van der Waals surface area contributed by atoms with E-state index >= 15 is 0 Å². The van der Waals surface area contributed by atoms with Crippen LogP contribution in [0.4, 0.5) is 0 Å². The van der Waals surface area contributed by atoms with Crippen molar-refractivity contribution in [1.29, 1.82) is 5.26 Å². The molecule has 0 saturated heterocycles. The van der Waals surface area contributed by atoms with Crippen LogP contribution in [0, 0.1) is 11.3 Å². The Kier molecular flexibility index (Phi) is 3.45. The summed E-state index contributed by atoms with van der Waals surface area (Å²) in [6.45, 7) is 7.14. The van der Waals surface area contributed by atoms with Gasteiger partial charge in [0.25, 0.3) is 0 Å². The summed E-state index contributed by atoms with van der Waals surface area (Å²) < 4.78 is 6.02. The Morgan fingerprint density at radius 1 is 1.00 bits per heavy atom. The van der Waals surface area contributed by atoms with Gasteiger partial charge in [0.2, 0.25) is 0 Å². The molecule has 0 unspecified atom stereocenters. The Labute approximate surface area is 119 Å². The molecule has 0 aliphatic rings. The molecule has 1 N–H and O–H groups in total. The average Bonchev–Trinajstić information content (AvgIpc) is 2.37. The molecule has 0 atom stereocenters. The van der Waals surface area contributed by atoms with Crippen molar-refractivity contribution in [2.45, 2.75) is 38.9 Å². The van der Waals surface area contributed by atoms with Gasteiger partial charge in [-0.1, -0.05) is 24.3 Å². The second kappa shape index (κ2) is 4.81. The van der Waals surface area contributed by atoms with Crippen LogP contribution in [0.3, 0.4) is 0 Å². The number of aliphatic hydroxyl groups is 1. The highest BCUT2D eigenvalue weighted by molar-refractivity contribution is 5.92. The molecule has 0 heterocycles. The molecule has 0 saturated carbocycles. The Morgan fingerprint density at radius 2 is 1.60 bits per heavy atom. The highest BCUT2D eigenvalue weighted by atomic mass is 16.5. The van der Waals surface area contributed by atoms with E-state index in [0.717, 1.165) is 10.8 Å². The van der Waals surface area contributed by atoms with Gasteiger partial charge in [0.15, 0.2) is 0 Å². The van der Waals surface area contributed by atoms with Gasteiger partial charge in [-0.3, -0.25) is 0 Å². The van der Waals surface area contributed by atoms with Gasteiger partial charge < -0.3 is 9.84 Å². The third-order valence-electron chi connectivity index (χ3n) is 3.84. The maximum Gasteiger partial charge on any atom is 0.131 e. The number of nitriles is 1. The second-order valence-corrected chi connectivity index (χ2v) is 5.94. The van der Waals surface area contributed by atoms with Crippen molar-refractivity contribution >= 4 is 10.8 Å². The van der Waals surface area contributed by atoms with Crippen LogP contribution in [-0.2, 0) is 0 Å². The normalized spacial score (nSPS) is 12.2. The molecule has 0 fully saturated rings. The predicted octanol–water partition coefficient (Wildman–Crippen LogP) is 3.64. The molecule has 20 heavy (non-hydrogen) atoms. The van der Waals surface area contributed by atoms with Gasteiger partial charge >= 0.3 is 0 Å². The van der Waals surface area contributed by atoms with E-state index in [1.807, 2.05) is 38.1 Å². The molecule has 2 rings (SSSR count). The smallest absolute Gasteiger partial charge is 0.131 e. The number of benzene rings is 2. The van der Waals surface area contributed by atoms with Crippen LogP contribution in [0.5, 0.6) is 5.75 Å². The predicted molar refractivity (Wildman–Crippen MR) is 79.7 cm³/mol. The van der Waals surface area contributed by atoms with E-state index in [1.54, 1.807) is 26.0 Å². The van der Waals surface area contributed by atoms with Crippen LogP contribution in [0.25, 0.3) is 10.8 Å². The molecular weight excluding hydrogens is 250 g/mol. The topological polar surface area (TPSA) is 53.2 Å². The summed E-state index contributed by atoms with van der Waals surface area (Å²) >= 11 is 0. The summed E-state index contributed by atoms with van der Waals surface area (Å²) in [5.74, 6) is 0.673. The monoisotopic (exact) mass is 269 g/mol. The maximum absolute atomic E-state index is 10.2. The number of hydrogen-bond acceptors (Lipinski definition) is 3. The molecule has 2 aromatic rings. The Balaban J connectivity index is 2.55. The number of rotatable bonds is 3. The zero-order valence-corrected chi connectivity index (χ0v) is 12.3. The van der Waals surface area contributed by atoms with Crippen molar-refractivity contribution in [3.05, 3.63) is 42.0 Å². The third kappa shape index (κ3) is 2.48. The number of ether oxygens (including phenoxy) is 1. The Morgan fingerprint density at radius 3 is 2.15 bits per heavy atom. The van der Waals surface area contributed by atoms with Crippen molar-refractivity contribution in [2.24, 2.45) is 0 Å². The fourth-order valence-electron chi connectivity index (χ4n) is 1.86. The minimum absolute atomic E-state index is 0.619. The molecule has 3 heteroatoms. The summed E-state index contributed by atoms with van der Waals surface area (Å²) in [7, 11) is 0. The van der Waals surface area contributed by atoms with Crippen LogP contribution >= 0.6 is 0 Å². The lowest BCUT2D eigenvalue weighted by molar-refractivity contribution is -0.0899. The molecule has 104 valence electrons. The van der Waals surface area contributed by atoms with Crippen LogP contribution in [0.1, 0.15) is 33.3 Å². The maximum atomic E-state index is 10.2. The van der Waals surface area contributed by atoms with E-state index in [9.17, 15) is 5.11 Å². The fourth-order valence-corrected chi connectivity index (χ4v) is 1.86. The van der Waals surface area contributed by atoms with Gasteiger partial charge in [0.1, 0.15) is 11.4 Å². The zero-order chi connectivity index (χ0) is 15.0. The van der Waals surface area contributed by atoms with Gasteiger partial charge in [0.05, 0.1) is 17.2 Å².